The predicted molar refractivity (Wildman–Crippen MR) is 117 cm³/mol. The summed E-state index contributed by atoms with van der Waals surface area (Å²) in [5.74, 6) is -0.867. The molecule has 3 heterocycles. The molecule has 0 saturated heterocycles. The Morgan fingerprint density at radius 3 is 2.87 bits per heavy atom. The average molecular weight is 416 g/mol. The molecule has 30 heavy (non-hydrogen) atoms. The van der Waals surface area contributed by atoms with E-state index in [1.807, 2.05) is 37.3 Å². The molecule has 8 heteroatoms. The largest absolute Gasteiger partial charge is 0.420 e. The van der Waals surface area contributed by atoms with Crippen LogP contribution in [-0.2, 0) is 11.3 Å². The van der Waals surface area contributed by atoms with Crippen LogP contribution < -0.4 is 11.1 Å². The predicted octanol–water partition coefficient (Wildman–Crippen LogP) is 4.21. The van der Waals surface area contributed by atoms with Gasteiger partial charge < -0.3 is 9.73 Å². The lowest BCUT2D eigenvalue weighted by atomic mass is 10.1. The maximum absolute atomic E-state index is 12.7. The standard InChI is InChI=1S/C22H16N4O3S/c1-13-14(20-25-16-8-5-11-23-21(16)30-20)6-4-7-15(13)24-19(27)12-26-17-9-2-3-10-18(17)29-22(26)28/h2-11H,12H2,1H3,(H,24,27). The third-order valence-corrected chi connectivity index (χ3v) is 5.89. The summed E-state index contributed by atoms with van der Waals surface area (Å²) in [4.78, 5) is 34.7. The highest BCUT2D eigenvalue weighted by Crippen LogP contribution is 2.33. The molecule has 1 N–H and O–H groups in total. The Kier molecular flexibility index (Phi) is 4.40. The molecule has 0 aliphatic heterocycles. The highest BCUT2D eigenvalue weighted by atomic mass is 32.1. The molecule has 3 aromatic heterocycles. The fourth-order valence-corrected chi connectivity index (χ4v) is 4.37. The van der Waals surface area contributed by atoms with Gasteiger partial charge >= 0.3 is 5.76 Å². The van der Waals surface area contributed by atoms with Gasteiger partial charge in [0.05, 0.1) is 5.52 Å². The van der Waals surface area contributed by atoms with E-state index in [0.717, 1.165) is 26.5 Å². The Labute approximate surface area is 174 Å². The lowest BCUT2D eigenvalue weighted by Gasteiger charge is -2.11. The number of oxazole rings is 1. The highest BCUT2D eigenvalue weighted by Gasteiger charge is 2.15. The molecule has 0 unspecified atom stereocenters. The molecule has 5 rings (SSSR count). The second-order valence-electron chi connectivity index (χ2n) is 6.79. The van der Waals surface area contributed by atoms with Crippen molar-refractivity contribution in [2.75, 3.05) is 5.32 Å². The number of carbonyl (C=O) groups excluding carboxylic acids is 1. The zero-order valence-corrected chi connectivity index (χ0v) is 16.8. The Balaban J connectivity index is 1.43. The van der Waals surface area contributed by atoms with Crippen LogP contribution in [0.3, 0.4) is 0 Å². The minimum absolute atomic E-state index is 0.134. The van der Waals surface area contributed by atoms with E-state index >= 15 is 0 Å². The number of thiazole rings is 1. The number of benzene rings is 2. The third-order valence-electron chi connectivity index (χ3n) is 4.88. The van der Waals surface area contributed by atoms with E-state index in [1.165, 1.54) is 15.9 Å². The molecule has 5 aromatic rings. The van der Waals surface area contributed by atoms with E-state index in [0.29, 0.717) is 16.8 Å². The molecular formula is C22H16N4O3S. The van der Waals surface area contributed by atoms with Gasteiger partial charge in [-0.15, -0.1) is 0 Å². The van der Waals surface area contributed by atoms with Crippen molar-refractivity contribution in [3.8, 4) is 10.6 Å². The van der Waals surface area contributed by atoms with Crippen LogP contribution >= 0.6 is 11.3 Å². The number of para-hydroxylation sites is 2. The molecule has 0 atom stereocenters. The van der Waals surface area contributed by atoms with Crippen LogP contribution in [0.5, 0.6) is 0 Å². The van der Waals surface area contributed by atoms with E-state index in [1.54, 1.807) is 30.5 Å². The van der Waals surface area contributed by atoms with Crippen LogP contribution in [0.1, 0.15) is 5.56 Å². The molecule has 1 amide bonds. The second-order valence-corrected chi connectivity index (χ2v) is 7.77. The molecule has 0 radical (unpaired) electrons. The fourth-order valence-electron chi connectivity index (χ4n) is 3.38. The zero-order valence-electron chi connectivity index (χ0n) is 16.0. The Hall–Kier alpha value is -3.78. The SMILES string of the molecule is Cc1c(NC(=O)Cn2c(=O)oc3ccccc32)cccc1-c1nc2cccnc2s1. The number of rotatable bonds is 4. The summed E-state index contributed by atoms with van der Waals surface area (Å²) < 4.78 is 6.52. The summed E-state index contributed by atoms with van der Waals surface area (Å²) >= 11 is 1.51. The summed E-state index contributed by atoms with van der Waals surface area (Å²) in [7, 11) is 0. The Morgan fingerprint density at radius 1 is 1.13 bits per heavy atom. The van der Waals surface area contributed by atoms with Crippen molar-refractivity contribution >= 4 is 44.4 Å². The van der Waals surface area contributed by atoms with Crippen molar-refractivity contribution in [3.05, 3.63) is 76.9 Å². The van der Waals surface area contributed by atoms with Crippen molar-refractivity contribution in [1.29, 1.82) is 0 Å². The number of aromatic nitrogens is 3. The molecule has 0 aliphatic carbocycles. The summed E-state index contributed by atoms with van der Waals surface area (Å²) in [6.07, 6.45) is 1.75. The first kappa shape index (κ1) is 18.3. The molecule has 0 saturated carbocycles. The number of hydrogen-bond acceptors (Lipinski definition) is 6. The van der Waals surface area contributed by atoms with Gasteiger partial charge in [0.15, 0.2) is 5.58 Å². The van der Waals surface area contributed by atoms with Gasteiger partial charge in [0, 0.05) is 17.4 Å². The van der Waals surface area contributed by atoms with Crippen LogP contribution in [0, 0.1) is 6.92 Å². The first-order chi connectivity index (χ1) is 14.6. The summed E-state index contributed by atoms with van der Waals surface area (Å²) in [5, 5.41) is 3.75. The summed E-state index contributed by atoms with van der Waals surface area (Å²) in [6.45, 7) is 1.80. The first-order valence-corrected chi connectivity index (χ1v) is 10.1. The van der Waals surface area contributed by atoms with E-state index in [9.17, 15) is 9.59 Å². The number of carbonyl (C=O) groups is 1. The van der Waals surface area contributed by atoms with Crippen molar-refractivity contribution in [2.24, 2.45) is 0 Å². The minimum atomic E-state index is -0.557. The molecule has 7 nitrogen and oxygen atoms in total. The van der Waals surface area contributed by atoms with Gasteiger partial charge in [-0.2, -0.15) is 0 Å². The lowest BCUT2D eigenvalue weighted by Crippen LogP contribution is -2.25. The molecular weight excluding hydrogens is 400 g/mol. The molecule has 0 fully saturated rings. The number of hydrogen-bond donors (Lipinski definition) is 1. The van der Waals surface area contributed by atoms with Gasteiger partial charge in [-0.25, -0.2) is 14.8 Å². The third kappa shape index (κ3) is 3.17. The Morgan fingerprint density at radius 2 is 2.00 bits per heavy atom. The molecule has 0 aliphatic rings. The molecule has 148 valence electrons. The number of fused-ring (bicyclic) bond motifs is 2. The zero-order chi connectivity index (χ0) is 20.7. The van der Waals surface area contributed by atoms with Crippen LogP contribution in [0.15, 0.2) is 70.0 Å². The summed E-state index contributed by atoms with van der Waals surface area (Å²) in [6, 6.07) is 16.5. The van der Waals surface area contributed by atoms with Gasteiger partial charge in [-0.1, -0.05) is 35.6 Å². The van der Waals surface area contributed by atoms with Crippen molar-refractivity contribution in [2.45, 2.75) is 13.5 Å². The monoisotopic (exact) mass is 416 g/mol. The van der Waals surface area contributed by atoms with Crippen molar-refractivity contribution < 1.29 is 9.21 Å². The van der Waals surface area contributed by atoms with Gasteiger partial charge in [0.25, 0.3) is 0 Å². The topological polar surface area (TPSA) is 90.0 Å². The lowest BCUT2D eigenvalue weighted by molar-refractivity contribution is -0.116. The van der Waals surface area contributed by atoms with E-state index in [4.69, 9.17) is 4.42 Å². The minimum Gasteiger partial charge on any atom is -0.408 e. The number of nitrogens with zero attached hydrogens (tertiary/aromatic N) is 3. The van der Waals surface area contributed by atoms with Crippen LogP contribution in [0.25, 0.3) is 32.0 Å². The second kappa shape index (κ2) is 7.23. The normalized spacial score (nSPS) is 11.2. The maximum Gasteiger partial charge on any atom is 0.420 e. The first-order valence-electron chi connectivity index (χ1n) is 9.30. The van der Waals surface area contributed by atoms with Gasteiger partial charge in [-0.3, -0.25) is 9.36 Å². The van der Waals surface area contributed by atoms with Gasteiger partial charge in [-0.05, 0) is 42.8 Å². The molecule has 2 aromatic carbocycles. The number of nitrogens with one attached hydrogen (secondary N) is 1. The van der Waals surface area contributed by atoms with Gasteiger partial charge in [0.1, 0.15) is 21.9 Å². The number of amides is 1. The maximum atomic E-state index is 12.7. The summed E-state index contributed by atoms with van der Waals surface area (Å²) in [5.41, 5.74) is 4.39. The molecule has 0 spiro atoms. The van der Waals surface area contributed by atoms with Crippen molar-refractivity contribution in [3.63, 3.8) is 0 Å². The number of anilines is 1. The van der Waals surface area contributed by atoms with Crippen LogP contribution in [0.2, 0.25) is 0 Å². The molecule has 0 bridgehead atoms. The van der Waals surface area contributed by atoms with Crippen LogP contribution in [0.4, 0.5) is 5.69 Å². The van der Waals surface area contributed by atoms with E-state index in [-0.39, 0.29) is 12.5 Å². The van der Waals surface area contributed by atoms with Crippen molar-refractivity contribution in [1.82, 2.24) is 14.5 Å². The quantitative estimate of drug-likeness (QED) is 0.474. The van der Waals surface area contributed by atoms with Gasteiger partial charge in [0.2, 0.25) is 5.91 Å². The average Bonchev–Trinajstić information content (AvgIpc) is 3.31. The Bertz CT molecular complexity index is 1430. The van der Waals surface area contributed by atoms with Crippen LogP contribution in [-0.4, -0.2) is 20.4 Å². The fraction of sp³-hybridized carbons (Fsp3) is 0.0909. The smallest absolute Gasteiger partial charge is 0.408 e. The van der Waals surface area contributed by atoms with E-state index < -0.39 is 5.76 Å². The number of pyridine rings is 1. The highest BCUT2D eigenvalue weighted by molar-refractivity contribution is 7.21. The van der Waals surface area contributed by atoms with E-state index in [2.05, 4.69) is 15.3 Å².